The topological polar surface area (TPSA) is 51.0 Å². The van der Waals surface area contributed by atoms with Crippen molar-refractivity contribution in [2.75, 3.05) is 7.05 Å². The Morgan fingerprint density at radius 1 is 1.45 bits per heavy atom. The van der Waals surface area contributed by atoms with Crippen LogP contribution in [0, 0.1) is 5.92 Å². The highest BCUT2D eigenvalue weighted by Crippen LogP contribution is 2.33. The summed E-state index contributed by atoms with van der Waals surface area (Å²) >= 11 is 5.97. The van der Waals surface area contributed by atoms with Gasteiger partial charge in [0.15, 0.2) is 5.82 Å². The molecule has 5 heteroatoms. The fourth-order valence-electron chi connectivity index (χ4n) is 2.47. The van der Waals surface area contributed by atoms with Crippen LogP contribution in [0.25, 0.3) is 0 Å². The van der Waals surface area contributed by atoms with Crippen LogP contribution in [-0.2, 0) is 12.8 Å². The summed E-state index contributed by atoms with van der Waals surface area (Å²) in [6.07, 6.45) is 4.06. The molecule has 0 spiro atoms. The van der Waals surface area contributed by atoms with Gasteiger partial charge in [-0.1, -0.05) is 28.9 Å². The largest absolute Gasteiger partial charge is 0.339 e. The number of halogens is 1. The SMILES string of the molecule is CNC(Cc1nc(Cc2cccc(Cl)c2)no1)C1CC1. The van der Waals surface area contributed by atoms with Crippen molar-refractivity contribution in [1.82, 2.24) is 15.5 Å². The first-order chi connectivity index (χ1) is 9.74. The number of benzene rings is 1. The average Bonchev–Trinajstić information content (AvgIpc) is 3.18. The lowest BCUT2D eigenvalue weighted by molar-refractivity contribution is 0.349. The molecule has 106 valence electrons. The molecule has 1 N–H and O–H groups in total. The summed E-state index contributed by atoms with van der Waals surface area (Å²) in [4.78, 5) is 4.47. The maximum atomic E-state index is 5.97. The fraction of sp³-hybridized carbons (Fsp3) is 0.467. The van der Waals surface area contributed by atoms with Gasteiger partial charge >= 0.3 is 0 Å². The molecule has 3 rings (SSSR count). The van der Waals surface area contributed by atoms with Crippen molar-refractivity contribution < 1.29 is 4.52 Å². The molecular weight excluding hydrogens is 274 g/mol. The number of hydrogen-bond acceptors (Lipinski definition) is 4. The van der Waals surface area contributed by atoms with Crippen LogP contribution < -0.4 is 5.32 Å². The Kier molecular flexibility index (Phi) is 4.03. The highest BCUT2D eigenvalue weighted by atomic mass is 35.5. The Bertz CT molecular complexity index is 580. The summed E-state index contributed by atoms with van der Waals surface area (Å²) in [5, 5.41) is 8.12. The zero-order valence-corrected chi connectivity index (χ0v) is 12.2. The normalized spacial score (nSPS) is 16.3. The predicted octanol–water partition coefficient (Wildman–Crippen LogP) is 2.85. The average molecular weight is 292 g/mol. The molecule has 4 nitrogen and oxygen atoms in total. The van der Waals surface area contributed by atoms with E-state index in [1.54, 1.807) is 0 Å². The molecule has 1 heterocycles. The molecular formula is C15H18ClN3O. The van der Waals surface area contributed by atoms with Gasteiger partial charge in [-0.05, 0) is 43.5 Å². The third-order valence-electron chi connectivity index (χ3n) is 3.72. The van der Waals surface area contributed by atoms with Crippen LogP contribution in [0.3, 0.4) is 0 Å². The van der Waals surface area contributed by atoms with Gasteiger partial charge in [-0.25, -0.2) is 0 Å². The van der Waals surface area contributed by atoms with E-state index in [4.69, 9.17) is 16.1 Å². The van der Waals surface area contributed by atoms with E-state index in [2.05, 4.69) is 15.5 Å². The van der Waals surface area contributed by atoms with E-state index in [-0.39, 0.29) is 0 Å². The van der Waals surface area contributed by atoms with E-state index < -0.39 is 0 Å². The predicted molar refractivity (Wildman–Crippen MR) is 77.8 cm³/mol. The maximum Gasteiger partial charge on any atom is 0.228 e. The summed E-state index contributed by atoms with van der Waals surface area (Å²) in [6, 6.07) is 8.19. The zero-order chi connectivity index (χ0) is 13.9. The number of nitrogens with one attached hydrogen (secondary N) is 1. The summed E-state index contributed by atoms with van der Waals surface area (Å²) in [6.45, 7) is 0. The smallest absolute Gasteiger partial charge is 0.228 e. The van der Waals surface area contributed by atoms with Crippen LogP contribution in [0.2, 0.25) is 5.02 Å². The van der Waals surface area contributed by atoms with Crippen molar-refractivity contribution in [3.8, 4) is 0 Å². The standard InChI is InChI=1S/C15H18ClN3O/c1-17-13(11-5-6-11)9-15-18-14(19-20-15)8-10-3-2-4-12(16)7-10/h2-4,7,11,13,17H,5-6,8-9H2,1H3. The second kappa shape index (κ2) is 5.94. The van der Waals surface area contributed by atoms with Crippen molar-refractivity contribution in [3.05, 3.63) is 46.6 Å². The molecule has 0 saturated heterocycles. The van der Waals surface area contributed by atoms with E-state index in [0.717, 1.165) is 22.9 Å². The molecule has 2 aromatic rings. The molecule has 1 unspecified atom stereocenters. The molecule has 0 amide bonds. The Balaban J connectivity index is 1.64. The minimum Gasteiger partial charge on any atom is -0.339 e. The summed E-state index contributed by atoms with van der Waals surface area (Å²) in [5.41, 5.74) is 1.09. The number of aromatic nitrogens is 2. The third kappa shape index (κ3) is 3.38. The van der Waals surface area contributed by atoms with Crippen molar-refractivity contribution in [2.45, 2.75) is 31.7 Å². The van der Waals surface area contributed by atoms with Crippen molar-refractivity contribution >= 4 is 11.6 Å². The van der Waals surface area contributed by atoms with Gasteiger partial charge in [0.05, 0.1) is 0 Å². The van der Waals surface area contributed by atoms with E-state index in [1.165, 1.54) is 12.8 Å². The number of nitrogens with zero attached hydrogens (tertiary/aromatic N) is 2. The molecule has 1 aliphatic rings. The van der Waals surface area contributed by atoms with Crippen molar-refractivity contribution in [2.24, 2.45) is 5.92 Å². The first-order valence-corrected chi connectivity index (χ1v) is 7.35. The Labute approximate surface area is 123 Å². The summed E-state index contributed by atoms with van der Waals surface area (Å²) < 4.78 is 5.34. The fourth-order valence-corrected chi connectivity index (χ4v) is 2.68. The molecule has 0 radical (unpaired) electrons. The lowest BCUT2D eigenvalue weighted by Gasteiger charge is -2.11. The molecule has 1 fully saturated rings. The molecule has 1 atom stereocenters. The molecule has 1 aromatic carbocycles. The van der Waals surface area contributed by atoms with Gasteiger partial charge in [0.25, 0.3) is 0 Å². The molecule has 20 heavy (non-hydrogen) atoms. The first-order valence-electron chi connectivity index (χ1n) is 6.98. The zero-order valence-electron chi connectivity index (χ0n) is 11.5. The van der Waals surface area contributed by atoms with Gasteiger partial charge in [0, 0.05) is 23.9 Å². The monoisotopic (exact) mass is 291 g/mol. The quantitative estimate of drug-likeness (QED) is 0.889. The number of likely N-dealkylation sites (N-methyl/N-ethyl adjacent to an activating group) is 1. The second-order valence-electron chi connectivity index (χ2n) is 5.35. The van der Waals surface area contributed by atoms with Crippen LogP contribution in [0.4, 0.5) is 0 Å². The van der Waals surface area contributed by atoms with Crippen LogP contribution in [0.1, 0.15) is 30.1 Å². The van der Waals surface area contributed by atoms with Crippen molar-refractivity contribution in [1.29, 1.82) is 0 Å². The lowest BCUT2D eigenvalue weighted by Crippen LogP contribution is -2.29. The van der Waals surface area contributed by atoms with Crippen LogP contribution in [-0.4, -0.2) is 23.2 Å². The van der Waals surface area contributed by atoms with E-state index in [1.807, 2.05) is 31.3 Å². The van der Waals surface area contributed by atoms with Gasteiger partial charge in [0.1, 0.15) is 0 Å². The van der Waals surface area contributed by atoms with Crippen molar-refractivity contribution in [3.63, 3.8) is 0 Å². The molecule has 0 aliphatic heterocycles. The summed E-state index contributed by atoms with van der Waals surface area (Å²) in [7, 11) is 1.99. The molecule has 1 saturated carbocycles. The van der Waals surface area contributed by atoms with Gasteiger partial charge in [-0.3, -0.25) is 0 Å². The number of hydrogen-bond donors (Lipinski definition) is 1. The van der Waals surface area contributed by atoms with Gasteiger partial charge in [-0.2, -0.15) is 4.98 Å². The van der Waals surface area contributed by atoms with Crippen LogP contribution in [0.5, 0.6) is 0 Å². The third-order valence-corrected chi connectivity index (χ3v) is 3.95. The van der Waals surface area contributed by atoms with Gasteiger partial charge in [-0.15, -0.1) is 0 Å². The van der Waals surface area contributed by atoms with Crippen LogP contribution in [0.15, 0.2) is 28.8 Å². The van der Waals surface area contributed by atoms with Gasteiger partial charge in [0.2, 0.25) is 5.89 Å². The number of rotatable bonds is 6. The van der Waals surface area contributed by atoms with E-state index >= 15 is 0 Å². The minimum absolute atomic E-state index is 0.453. The Morgan fingerprint density at radius 2 is 2.30 bits per heavy atom. The molecule has 1 aliphatic carbocycles. The van der Waals surface area contributed by atoms with E-state index in [9.17, 15) is 0 Å². The first kappa shape index (κ1) is 13.6. The van der Waals surface area contributed by atoms with E-state index in [0.29, 0.717) is 24.2 Å². The Hall–Kier alpha value is -1.39. The lowest BCUT2D eigenvalue weighted by atomic mass is 10.1. The second-order valence-corrected chi connectivity index (χ2v) is 5.78. The Morgan fingerprint density at radius 3 is 3.00 bits per heavy atom. The van der Waals surface area contributed by atoms with Crippen LogP contribution >= 0.6 is 11.6 Å². The molecule has 1 aromatic heterocycles. The highest BCUT2D eigenvalue weighted by molar-refractivity contribution is 6.30. The maximum absolute atomic E-state index is 5.97. The summed E-state index contributed by atoms with van der Waals surface area (Å²) in [5.74, 6) is 2.20. The molecule has 0 bridgehead atoms. The van der Waals surface area contributed by atoms with Gasteiger partial charge < -0.3 is 9.84 Å². The minimum atomic E-state index is 0.453. The highest BCUT2D eigenvalue weighted by Gasteiger charge is 2.31.